The van der Waals surface area contributed by atoms with Gasteiger partial charge in [-0.05, 0) is 18.2 Å². The van der Waals surface area contributed by atoms with Crippen LogP contribution in [0.4, 0.5) is 5.69 Å². The molecule has 2 rings (SSSR count). The van der Waals surface area contributed by atoms with Gasteiger partial charge in [-0.25, -0.2) is 0 Å². The first kappa shape index (κ1) is 8.13. The summed E-state index contributed by atoms with van der Waals surface area (Å²) in [4.78, 5) is 11.6. The van der Waals surface area contributed by atoms with Gasteiger partial charge in [0.05, 0.1) is 0 Å². The fourth-order valence-electron chi connectivity index (χ4n) is 1.09. The van der Waals surface area contributed by atoms with Crippen molar-refractivity contribution in [2.24, 2.45) is 0 Å². The highest BCUT2D eigenvalue weighted by atomic mass is 79.9. The van der Waals surface area contributed by atoms with E-state index in [4.69, 9.17) is 0 Å². The lowest BCUT2D eigenvalue weighted by molar-refractivity contribution is -0.107. The van der Waals surface area contributed by atoms with Crippen LogP contribution in [0.5, 0.6) is 0 Å². The number of carbonyl (C=O) groups is 1. The van der Waals surface area contributed by atoms with Crippen molar-refractivity contribution in [3.8, 4) is 0 Å². The number of hydrogen-bond acceptors (Lipinski definition) is 3. The molecular weight excluding hydrogens is 238 g/mol. The van der Waals surface area contributed by atoms with Gasteiger partial charge in [0, 0.05) is 15.1 Å². The number of carbonyl (C=O) groups excluding carboxylic acids is 1. The first-order valence-electron chi connectivity index (χ1n) is 3.47. The van der Waals surface area contributed by atoms with Crippen molar-refractivity contribution in [1.29, 1.82) is 0 Å². The number of hydrogen-bond donors (Lipinski definition) is 1. The molecule has 0 amide bonds. The Hall–Kier alpha value is -0.480. The quantitative estimate of drug-likeness (QED) is 0.769. The van der Waals surface area contributed by atoms with Crippen LogP contribution in [-0.4, -0.2) is 11.7 Å². The number of rotatable bonds is 1. The van der Waals surface area contributed by atoms with E-state index in [0.717, 1.165) is 21.3 Å². The fraction of sp³-hybridized carbons (Fsp3) is 0.125. The van der Waals surface area contributed by atoms with Crippen molar-refractivity contribution in [2.45, 2.75) is 10.3 Å². The number of aldehydes is 1. The first-order valence-corrected chi connectivity index (χ1v) is 5.15. The molecule has 1 N–H and O–H groups in total. The van der Waals surface area contributed by atoms with E-state index < -0.39 is 0 Å². The highest BCUT2D eigenvalue weighted by Crippen LogP contribution is 2.38. The molecule has 4 heteroatoms. The maximum atomic E-state index is 10.5. The van der Waals surface area contributed by atoms with Crippen LogP contribution in [0, 0.1) is 0 Å². The molecule has 0 radical (unpaired) electrons. The van der Waals surface area contributed by atoms with Crippen molar-refractivity contribution in [3.63, 3.8) is 0 Å². The minimum Gasteiger partial charge on any atom is -0.366 e. The van der Waals surface area contributed by atoms with Crippen LogP contribution >= 0.6 is 27.7 Å². The number of halogens is 1. The summed E-state index contributed by atoms with van der Waals surface area (Å²) in [5, 5.41) is 2.97. The average molecular weight is 244 g/mol. The SMILES string of the molecule is O=CC1Nc2ccc(Br)cc2S1. The van der Waals surface area contributed by atoms with E-state index in [-0.39, 0.29) is 5.37 Å². The van der Waals surface area contributed by atoms with E-state index in [1.165, 1.54) is 0 Å². The smallest absolute Gasteiger partial charge is 0.152 e. The van der Waals surface area contributed by atoms with E-state index in [1.54, 1.807) is 11.8 Å². The van der Waals surface area contributed by atoms with E-state index in [0.29, 0.717) is 0 Å². The van der Waals surface area contributed by atoms with Gasteiger partial charge in [0.2, 0.25) is 0 Å². The minimum absolute atomic E-state index is 0.116. The average Bonchev–Trinajstić information content (AvgIpc) is 2.46. The molecule has 1 aliphatic heterocycles. The first-order chi connectivity index (χ1) is 5.79. The Morgan fingerprint density at radius 3 is 3.17 bits per heavy atom. The summed E-state index contributed by atoms with van der Waals surface area (Å²) in [6, 6.07) is 5.94. The van der Waals surface area contributed by atoms with Crippen molar-refractivity contribution in [3.05, 3.63) is 22.7 Å². The Kier molecular flexibility index (Phi) is 2.11. The van der Waals surface area contributed by atoms with Crippen LogP contribution in [0.25, 0.3) is 0 Å². The van der Waals surface area contributed by atoms with Crippen molar-refractivity contribution in [2.75, 3.05) is 5.32 Å². The highest BCUT2D eigenvalue weighted by Gasteiger charge is 2.19. The second-order valence-electron chi connectivity index (χ2n) is 2.46. The molecule has 1 heterocycles. The lowest BCUT2D eigenvalue weighted by Gasteiger charge is -1.98. The van der Waals surface area contributed by atoms with Crippen LogP contribution in [0.1, 0.15) is 0 Å². The molecule has 1 unspecified atom stereocenters. The molecule has 1 atom stereocenters. The summed E-state index contributed by atoms with van der Waals surface area (Å²) >= 11 is 4.92. The van der Waals surface area contributed by atoms with Crippen molar-refractivity contribution >= 4 is 39.7 Å². The Morgan fingerprint density at radius 2 is 2.42 bits per heavy atom. The number of fused-ring (bicyclic) bond motifs is 1. The Balaban J connectivity index is 2.35. The van der Waals surface area contributed by atoms with Crippen LogP contribution in [-0.2, 0) is 4.79 Å². The van der Waals surface area contributed by atoms with Gasteiger partial charge in [-0.3, -0.25) is 0 Å². The summed E-state index contributed by atoms with van der Waals surface area (Å²) in [5.74, 6) is 0. The molecule has 1 aromatic carbocycles. The van der Waals surface area contributed by atoms with E-state index >= 15 is 0 Å². The summed E-state index contributed by atoms with van der Waals surface area (Å²) in [7, 11) is 0. The third-order valence-electron chi connectivity index (χ3n) is 1.62. The predicted molar refractivity (Wildman–Crippen MR) is 53.5 cm³/mol. The number of benzene rings is 1. The van der Waals surface area contributed by atoms with Gasteiger partial charge >= 0.3 is 0 Å². The molecule has 0 saturated carbocycles. The fourth-order valence-corrected chi connectivity index (χ4v) is 2.57. The molecule has 1 aromatic rings. The van der Waals surface area contributed by atoms with Gasteiger partial charge in [0.25, 0.3) is 0 Å². The number of thioether (sulfide) groups is 1. The summed E-state index contributed by atoms with van der Waals surface area (Å²) < 4.78 is 1.04. The van der Waals surface area contributed by atoms with Crippen LogP contribution < -0.4 is 5.32 Å². The maximum Gasteiger partial charge on any atom is 0.152 e. The van der Waals surface area contributed by atoms with Crippen molar-refractivity contribution in [1.82, 2.24) is 0 Å². The molecule has 1 aliphatic rings. The Morgan fingerprint density at radius 1 is 1.58 bits per heavy atom. The normalized spacial score (nSPS) is 19.9. The second-order valence-corrected chi connectivity index (χ2v) is 4.56. The topological polar surface area (TPSA) is 29.1 Å². The standard InChI is InChI=1S/C8H6BrNOS/c9-5-1-2-6-7(3-5)12-8(4-11)10-6/h1-4,8,10H. The third-order valence-corrected chi connectivity index (χ3v) is 3.19. The molecule has 0 aliphatic carbocycles. The van der Waals surface area contributed by atoms with Crippen LogP contribution in [0.3, 0.4) is 0 Å². The maximum absolute atomic E-state index is 10.5. The summed E-state index contributed by atoms with van der Waals surface area (Å²) in [5.41, 5.74) is 1.04. The molecule has 0 aromatic heterocycles. The van der Waals surface area contributed by atoms with E-state index in [1.807, 2.05) is 18.2 Å². The second kappa shape index (κ2) is 3.11. The summed E-state index contributed by atoms with van der Waals surface area (Å²) in [6.45, 7) is 0. The molecule has 0 saturated heterocycles. The molecule has 62 valence electrons. The molecule has 12 heavy (non-hydrogen) atoms. The molecule has 0 bridgehead atoms. The zero-order valence-electron chi connectivity index (χ0n) is 6.08. The van der Waals surface area contributed by atoms with Crippen LogP contribution in [0.2, 0.25) is 0 Å². The van der Waals surface area contributed by atoms with Crippen molar-refractivity contribution < 1.29 is 4.79 Å². The number of anilines is 1. The summed E-state index contributed by atoms with van der Waals surface area (Å²) in [6.07, 6.45) is 0.915. The zero-order chi connectivity index (χ0) is 8.55. The van der Waals surface area contributed by atoms with E-state index in [9.17, 15) is 4.79 Å². The zero-order valence-corrected chi connectivity index (χ0v) is 8.48. The molecular formula is C8H6BrNOS. The van der Waals surface area contributed by atoms with Gasteiger partial charge < -0.3 is 10.1 Å². The lowest BCUT2D eigenvalue weighted by Crippen LogP contribution is -2.10. The van der Waals surface area contributed by atoms with Gasteiger partial charge in [0.1, 0.15) is 5.37 Å². The molecule has 0 spiro atoms. The molecule has 0 fully saturated rings. The van der Waals surface area contributed by atoms with Gasteiger partial charge in [-0.2, -0.15) is 0 Å². The van der Waals surface area contributed by atoms with Crippen LogP contribution in [0.15, 0.2) is 27.6 Å². The van der Waals surface area contributed by atoms with Gasteiger partial charge in [0.15, 0.2) is 6.29 Å². The third kappa shape index (κ3) is 1.36. The lowest BCUT2D eigenvalue weighted by atomic mass is 10.3. The minimum atomic E-state index is -0.116. The highest BCUT2D eigenvalue weighted by molar-refractivity contribution is 9.10. The van der Waals surface area contributed by atoms with Gasteiger partial charge in [-0.15, -0.1) is 0 Å². The molecule has 2 nitrogen and oxygen atoms in total. The van der Waals surface area contributed by atoms with E-state index in [2.05, 4.69) is 21.2 Å². The monoisotopic (exact) mass is 243 g/mol. The Bertz CT molecular complexity index is 329. The number of nitrogens with one attached hydrogen (secondary N) is 1. The largest absolute Gasteiger partial charge is 0.366 e. The van der Waals surface area contributed by atoms with Gasteiger partial charge in [-0.1, -0.05) is 27.7 Å². The Labute approximate surface area is 82.9 Å². The predicted octanol–water partition coefficient (Wildman–Crippen LogP) is 2.49.